The van der Waals surface area contributed by atoms with Gasteiger partial charge in [0.25, 0.3) is 0 Å². The van der Waals surface area contributed by atoms with Crippen molar-refractivity contribution < 1.29 is 4.74 Å². The average molecular weight is 415 g/mol. The van der Waals surface area contributed by atoms with Gasteiger partial charge in [0, 0.05) is 58.1 Å². The molecule has 3 aliphatic rings. The Morgan fingerprint density at radius 3 is 2.57 bits per heavy atom. The Hall–Kier alpha value is -1.86. The lowest BCUT2D eigenvalue weighted by Gasteiger charge is -2.36. The van der Waals surface area contributed by atoms with Crippen LogP contribution in [0, 0.1) is 0 Å². The number of morpholine rings is 1. The highest BCUT2D eigenvalue weighted by molar-refractivity contribution is 5.80. The van der Waals surface area contributed by atoms with Crippen molar-refractivity contribution in [3.8, 4) is 0 Å². The van der Waals surface area contributed by atoms with Gasteiger partial charge in [-0.15, -0.1) is 0 Å². The summed E-state index contributed by atoms with van der Waals surface area (Å²) in [4.78, 5) is 14.1. The lowest BCUT2D eigenvalue weighted by molar-refractivity contribution is -0.00545. The summed E-state index contributed by atoms with van der Waals surface area (Å²) in [6.45, 7) is 9.10. The van der Waals surface area contributed by atoms with Crippen molar-refractivity contribution in [2.45, 2.75) is 76.8 Å². The van der Waals surface area contributed by atoms with E-state index in [4.69, 9.17) is 9.72 Å². The third-order valence-corrected chi connectivity index (χ3v) is 6.64. The smallest absolute Gasteiger partial charge is 0.191 e. The quantitative estimate of drug-likeness (QED) is 0.570. The molecule has 4 rings (SSSR count). The fourth-order valence-corrected chi connectivity index (χ4v) is 5.15. The van der Waals surface area contributed by atoms with E-state index in [1.54, 1.807) is 0 Å². The minimum absolute atomic E-state index is 0.242. The van der Waals surface area contributed by atoms with E-state index in [1.165, 1.54) is 38.6 Å². The predicted molar refractivity (Wildman–Crippen MR) is 122 cm³/mol. The number of rotatable bonds is 5. The molecule has 1 saturated carbocycles. The van der Waals surface area contributed by atoms with Crippen LogP contribution >= 0.6 is 0 Å². The van der Waals surface area contributed by atoms with Crippen molar-refractivity contribution in [2.75, 3.05) is 38.1 Å². The third kappa shape index (κ3) is 5.43. The first-order valence-corrected chi connectivity index (χ1v) is 11.7. The maximum absolute atomic E-state index is 5.83. The summed E-state index contributed by atoms with van der Waals surface area (Å²) in [7, 11) is 1.85. The molecule has 1 aliphatic carbocycles. The van der Waals surface area contributed by atoms with E-state index in [9.17, 15) is 0 Å². The Labute approximate surface area is 181 Å². The number of aromatic nitrogens is 1. The van der Waals surface area contributed by atoms with Gasteiger partial charge in [-0.25, -0.2) is 4.98 Å². The number of nitrogens with zero attached hydrogens (tertiary/aromatic N) is 4. The molecule has 2 aliphatic heterocycles. The van der Waals surface area contributed by atoms with Crippen LogP contribution in [0.2, 0.25) is 0 Å². The van der Waals surface area contributed by atoms with E-state index < -0.39 is 0 Å². The molecule has 3 unspecified atom stereocenters. The third-order valence-electron chi connectivity index (χ3n) is 6.64. The van der Waals surface area contributed by atoms with Gasteiger partial charge < -0.3 is 20.3 Å². The molecule has 0 amide bonds. The van der Waals surface area contributed by atoms with Crippen molar-refractivity contribution in [3.05, 3.63) is 23.9 Å². The fraction of sp³-hybridized carbons (Fsp3) is 0.739. The van der Waals surface area contributed by atoms with Crippen molar-refractivity contribution in [2.24, 2.45) is 4.99 Å². The van der Waals surface area contributed by atoms with Crippen LogP contribution in [-0.4, -0.2) is 73.4 Å². The van der Waals surface area contributed by atoms with Crippen molar-refractivity contribution in [3.63, 3.8) is 0 Å². The molecular formula is C23H38N6O. The number of hydrogen-bond donors (Lipinski definition) is 2. The number of hydrogen-bond acceptors (Lipinski definition) is 5. The second-order valence-corrected chi connectivity index (χ2v) is 9.18. The van der Waals surface area contributed by atoms with Gasteiger partial charge in [-0.1, -0.05) is 18.9 Å². The molecule has 166 valence electrons. The molecule has 3 atom stereocenters. The summed E-state index contributed by atoms with van der Waals surface area (Å²) < 4.78 is 5.83. The molecule has 2 saturated heterocycles. The van der Waals surface area contributed by atoms with Gasteiger partial charge in [0.05, 0.1) is 12.2 Å². The lowest BCUT2D eigenvalue weighted by atomic mass is 10.2. The zero-order valence-electron chi connectivity index (χ0n) is 18.8. The topological polar surface area (TPSA) is 65.0 Å². The van der Waals surface area contributed by atoms with Crippen LogP contribution in [0.15, 0.2) is 23.3 Å². The molecule has 3 heterocycles. The molecule has 7 nitrogen and oxygen atoms in total. The SMILES string of the molecule is CN=C(NCc1ccc(N2CC(C)OC(C)C2)nc1)NC1CCN(C2CCCC2)C1. The van der Waals surface area contributed by atoms with E-state index in [1.807, 2.05) is 13.2 Å². The number of aliphatic imine (C=N–C) groups is 1. The Morgan fingerprint density at radius 1 is 1.13 bits per heavy atom. The largest absolute Gasteiger partial charge is 0.372 e. The van der Waals surface area contributed by atoms with Gasteiger partial charge in [0.15, 0.2) is 5.96 Å². The highest BCUT2D eigenvalue weighted by Crippen LogP contribution is 2.26. The predicted octanol–water partition coefficient (Wildman–Crippen LogP) is 2.38. The van der Waals surface area contributed by atoms with Crippen LogP contribution in [0.4, 0.5) is 5.82 Å². The number of pyridine rings is 1. The van der Waals surface area contributed by atoms with E-state index in [0.29, 0.717) is 6.04 Å². The zero-order valence-corrected chi connectivity index (χ0v) is 18.8. The molecular weight excluding hydrogens is 376 g/mol. The van der Waals surface area contributed by atoms with E-state index >= 15 is 0 Å². The second-order valence-electron chi connectivity index (χ2n) is 9.18. The highest BCUT2D eigenvalue weighted by Gasteiger charge is 2.30. The summed E-state index contributed by atoms with van der Waals surface area (Å²) in [6.07, 6.45) is 9.22. The van der Waals surface area contributed by atoms with Crippen molar-refractivity contribution in [1.82, 2.24) is 20.5 Å². The van der Waals surface area contributed by atoms with Crippen LogP contribution in [0.1, 0.15) is 51.5 Å². The molecule has 0 bridgehead atoms. The molecule has 30 heavy (non-hydrogen) atoms. The Bertz CT molecular complexity index is 692. The molecule has 1 aromatic heterocycles. The second kappa shape index (κ2) is 9.96. The van der Waals surface area contributed by atoms with Crippen LogP contribution in [-0.2, 0) is 11.3 Å². The number of guanidine groups is 1. The standard InChI is InChI=1S/C23H38N6O/c1-17-14-29(15-18(2)30-17)22-9-8-19(12-25-22)13-26-23(24-3)27-20-10-11-28(16-20)21-6-4-5-7-21/h8-9,12,17-18,20-21H,4-7,10-11,13-16H2,1-3H3,(H2,24,26,27). The van der Waals surface area contributed by atoms with Gasteiger partial charge in [-0.3, -0.25) is 9.89 Å². The molecule has 3 fully saturated rings. The maximum atomic E-state index is 5.83. The number of anilines is 1. The van der Waals surface area contributed by atoms with Gasteiger partial charge in [-0.2, -0.15) is 0 Å². The molecule has 0 spiro atoms. The monoisotopic (exact) mass is 414 g/mol. The van der Waals surface area contributed by atoms with Crippen molar-refractivity contribution in [1.29, 1.82) is 0 Å². The summed E-state index contributed by atoms with van der Waals surface area (Å²) >= 11 is 0. The van der Waals surface area contributed by atoms with Gasteiger partial charge in [-0.05, 0) is 44.7 Å². The Kier molecular flexibility index (Phi) is 7.10. The lowest BCUT2D eigenvalue weighted by Crippen LogP contribution is -2.46. The number of nitrogens with one attached hydrogen (secondary N) is 2. The van der Waals surface area contributed by atoms with Gasteiger partial charge >= 0.3 is 0 Å². The van der Waals surface area contributed by atoms with E-state index in [-0.39, 0.29) is 12.2 Å². The number of likely N-dealkylation sites (tertiary alicyclic amines) is 1. The van der Waals surface area contributed by atoms with Gasteiger partial charge in [0.1, 0.15) is 5.82 Å². The Morgan fingerprint density at radius 2 is 1.90 bits per heavy atom. The average Bonchev–Trinajstić information content (AvgIpc) is 3.42. The minimum Gasteiger partial charge on any atom is -0.372 e. The summed E-state index contributed by atoms with van der Waals surface area (Å²) in [5.74, 6) is 1.91. The van der Waals surface area contributed by atoms with E-state index in [2.05, 4.69) is 51.4 Å². The zero-order chi connectivity index (χ0) is 20.9. The van der Waals surface area contributed by atoms with Crippen LogP contribution in [0.3, 0.4) is 0 Å². The fourth-order valence-electron chi connectivity index (χ4n) is 5.15. The van der Waals surface area contributed by atoms with Crippen LogP contribution in [0.25, 0.3) is 0 Å². The van der Waals surface area contributed by atoms with Crippen LogP contribution in [0.5, 0.6) is 0 Å². The first-order valence-electron chi connectivity index (χ1n) is 11.7. The van der Waals surface area contributed by atoms with Crippen molar-refractivity contribution >= 4 is 11.8 Å². The van der Waals surface area contributed by atoms with Gasteiger partial charge in [0.2, 0.25) is 0 Å². The first kappa shape index (κ1) is 21.4. The number of ether oxygens (including phenoxy) is 1. The molecule has 0 radical (unpaired) electrons. The summed E-state index contributed by atoms with van der Waals surface area (Å²) in [5, 5.41) is 7.07. The highest BCUT2D eigenvalue weighted by atomic mass is 16.5. The minimum atomic E-state index is 0.242. The van der Waals surface area contributed by atoms with Crippen LogP contribution < -0.4 is 15.5 Å². The Balaban J connectivity index is 1.24. The first-order chi connectivity index (χ1) is 14.6. The molecule has 7 heteroatoms. The normalized spacial score (nSPS) is 28.8. The molecule has 2 N–H and O–H groups in total. The summed E-state index contributed by atoms with van der Waals surface area (Å²) in [5.41, 5.74) is 1.16. The summed E-state index contributed by atoms with van der Waals surface area (Å²) in [6, 6.07) is 5.58. The molecule has 0 aromatic carbocycles. The van der Waals surface area contributed by atoms with E-state index in [0.717, 1.165) is 49.6 Å². The maximum Gasteiger partial charge on any atom is 0.191 e. The molecule has 1 aromatic rings.